The molecule has 0 saturated carbocycles. The van der Waals surface area contributed by atoms with Gasteiger partial charge in [0.1, 0.15) is 6.61 Å². The van der Waals surface area contributed by atoms with Gasteiger partial charge in [-0.15, -0.1) is 0 Å². The number of carbonyl (C=O) groups is 1. The molecule has 0 aliphatic rings. The van der Waals surface area contributed by atoms with Crippen LogP contribution >= 0.6 is 0 Å². The fraction of sp³-hybridized carbons (Fsp3) is 0.947. The van der Waals surface area contributed by atoms with Crippen LogP contribution in [0.25, 0.3) is 0 Å². The number of hydrogen-bond donors (Lipinski definition) is 1. The molecule has 134 valence electrons. The van der Waals surface area contributed by atoms with Crippen LogP contribution in [-0.2, 0) is 9.53 Å². The Balaban J connectivity index is -0.00000220. The summed E-state index contributed by atoms with van der Waals surface area (Å²) in [6.07, 6.45) is 16.9. The van der Waals surface area contributed by atoms with Gasteiger partial charge in [0, 0.05) is 6.42 Å². The number of unbranched alkanes of at least 4 members (excludes halogenated alkanes) is 12. The molecule has 3 nitrogen and oxygen atoms in total. The summed E-state index contributed by atoms with van der Waals surface area (Å²) in [4.78, 5) is 11.3. The van der Waals surface area contributed by atoms with E-state index in [0.29, 0.717) is 6.42 Å². The fourth-order valence-electron chi connectivity index (χ4n) is 2.57. The van der Waals surface area contributed by atoms with Gasteiger partial charge >= 0.3 is 35.5 Å². The number of esters is 1. The minimum atomic E-state index is -0.560. The van der Waals surface area contributed by atoms with E-state index < -0.39 is 6.10 Å². The topological polar surface area (TPSA) is 46.5 Å². The van der Waals surface area contributed by atoms with E-state index in [1.807, 2.05) is 0 Å². The molecular formula is C19H39NaO3. The van der Waals surface area contributed by atoms with E-state index in [-0.39, 0.29) is 43.6 Å². The molecule has 0 aliphatic heterocycles. The van der Waals surface area contributed by atoms with Crippen molar-refractivity contribution in [1.82, 2.24) is 0 Å². The summed E-state index contributed by atoms with van der Waals surface area (Å²) < 4.78 is 4.92. The van der Waals surface area contributed by atoms with Gasteiger partial charge in [0.25, 0.3) is 0 Å². The Bertz CT molecular complexity index is 251. The standard InChI is InChI=1S/C19H38O3.Na.H/c1-3-4-5-6-7-8-9-10-11-12-13-14-15-16-19(21)22-17-18(2)20;;/h18,20H,3-17H2,1-2H3;;/q;+1;-1. The molecule has 0 aromatic carbocycles. The molecular weight excluding hydrogens is 299 g/mol. The van der Waals surface area contributed by atoms with Gasteiger partial charge in [-0.3, -0.25) is 4.79 Å². The molecule has 0 heterocycles. The molecule has 0 aromatic heterocycles. The van der Waals surface area contributed by atoms with Crippen LogP contribution in [0, 0.1) is 0 Å². The van der Waals surface area contributed by atoms with Crippen molar-refractivity contribution in [2.75, 3.05) is 6.61 Å². The number of carbonyl (C=O) groups excluding carboxylic acids is 1. The second-order valence-corrected chi connectivity index (χ2v) is 6.52. The molecule has 4 heteroatoms. The third-order valence-electron chi connectivity index (χ3n) is 3.97. The monoisotopic (exact) mass is 338 g/mol. The van der Waals surface area contributed by atoms with Crippen LogP contribution in [0.5, 0.6) is 0 Å². The molecule has 23 heavy (non-hydrogen) atoms. The zero-order chi connectivity index (χ0) is 16.5. The Morgan fingerprint density at radius 2 is 1.26 bits per heavy atom. The molecule has 0 aliphatic carbocycles. The molecule has 0 saturated heterocycles. The van der Waals surface area contributed by atoms with Gasteiger partial charge in [-0.2, -0.15) is 0 Å². The van der Waals surface area contributed by atoms with Crippen molar-refractivity contribution >= 4 is 5.97 Å². The van der Waals surface area contributed by atoms with Crippen LogP contribution in [0.15, 0.2) is 0 Å². The van der Waals surface area contributed by atoms with Crippen molar-refractivity contribution in [3.8, 4) is 0 Å². The number of rotatable bonds is 16. The minimum Gasteiger partial charge on any atom is -1.00 e. The van der Waals surface area contributed by atoms with Gasteiger partial charge in [0.2, 0.25) is 0 Å². The first-order chi connectivity index (χ1) is 10.7. The number of hydrogen-bond acceptors (Lipinski definition) is 3. The van der Waals surface area contributed by atoms with E-state index in [0.717, 1.165) is 12.8 Å². The summed E-state index contributed by atoms with van der Waals surface area (Å²) in [7, 11) is 0. The minimum absolute atomic E-state index is 0. The smallest absolute Gasteiger partial charge is 1.00 e. The molecule has 1 N–H and O–H groups in total. The van der Waals surface area contributed by atoms with E-state index >= 15 is 0 Å². The zero-order valence-corrected chi connectivity index (χ0v) is 17.9. The van der Waals surface area contributed by atoms with Crippen molar-refractivity contribution in [2.45, 2.75) is 110 Å². The summed E-state index contributed by atoms with van der Waals surface area (Å²) in [5, 5.41) is 9.01. The first-order valence-corrected chi connectivity index (χ1v) is 9.50. The Hall–Kier alpha value is 0.430. The molecule has 1 unspecified atom stereocenters. The predicted molar refractivity (Wildman–Crippen MR) is 94.1 cm³/mol. The summed E-state index contributed by atoms with van der Waals surface area (Å²) in [5.41, 5.74) is 0. The van der Waals surface area contributed by atoms with E-state index in [1.54, 1.807) is 6.92 Å². The molecule has 0 amide bonds. The summed E-state index contributed by atoms with van der Waals surface area (Å²) >= 11 is 0. The van der Waals surface area contributed by atoms with E-state index in [2.05, 4.69) is 6.92 Å². The maximum absolute atomic E-state index is 11.3. The maximum Gasteiger partial charge on any atom is 1.00 e. The largest absolute Gasteiger partial charge is 1.00 e. The molecule has 0 aromatic rings. The van der Waals surface area contributed by atoms with Crippen LogP contribution in [-0.4, -0.2) is 23.8 Å². The zero-order valence-electron chi connectivity index (χ0n) is 16.9. The number of ether oxygens (including phenoxy) is 1. The quantitative estimate of drug-likeness (QED) is 0.267. The maximum atomic E-state index is 11.3. The van der Waals surface area contributed by atoms with Gasteiger partial charge in [-0.1, -0.05) is 84.0 Å². The Morgan fingerprint density at radius 3 is 1.65 bits per heavy atom. The van der Waals surface area contributed by atoms with Crippen molar-refractivity contribution in [3.05, 3.63) is 0 Å². The Kier molecular flexibility index (Phi) is 22.8. The third kappa shape index (κ3) is 22.4. The fourth-order valence-corrected chi connectivity index (χ4v) is 2.57. The van der Waals surface area contributed by atoms with Gasteiger partial charge in [0.15, 0.2) is 0 Å². The summed E-state index contributed by atoms with van der Waals surface area (Å²) in [6, 6.07) is 0. The molecule has 0 bridgehead atoms. The average molecular weight is 339 g/mol. The normalized spacial score (nSPS) is 11.8. The predicted octanol–water partition coefficient (Wildman–Crippen LogP) is 2.51. The van der Waals surface area contributed by atoms with Crippen LogP contribution < -0.4 is 29.6 Å². The van der Waals surface area contributed by atoms with Crippen LogP contribution in [0.4, 0.5) is 0 Å². The SMILES string of the molecule is CCCCCCCCCCCCCCCC(=O)OCC(C)O.[H-].[Na+]. The number of aliphatic hydroxyl groups is 1. The van der Waals surface area contributed by atoms with Gasteiger partial charge in [-0.25, -0.2) is 0 Å². The van der Waals surface area contributed by atoms with Crippen LogP contribution in [0.1, 0.15) is 105 Å². The molecule has 1 atom stereocenters. The average Bonchev–Trinajstić information content (AvgIpc) is 2.49. The third-order valence-corrected chi connectivity index (χ3v) is 3.97. The molecule has 0 spiro atoms. The molecule has 0 fully saturated rings. The van der Waals surface area contributed by atoms with Gasteiger partial charge in [0.05, 0.1) is 6.10 Å². The van der Waals surface area contributed by atoms with Crippen molar-refractivity contribution in [1.29, 1.82) is 0 Å². The summed E-state index contributed by atoms with van der Waals surface area (Å²) in [5.74, 6) is -0.177. The molecule has 0 rings (SSSR count). The van der Waals surface area contributed by atoms with Gasteiger partial charge < -0.3 is 11.3 Å². The van der Waals surface area contributed by atoms with Crippen LogP contribution in [0.3, 0.4) is 0 Å². The van der Waals surface area contributed by atoms with E-state index in [9.17, 15) is 4.79 Å². The second-order valence-electron chi connectivity index (χ2n) is 6.52. The van der Waals surface area contributed by atoms with Crippen molar-refractivity contribution in [3.63, 3.8) is 0 Å². The first-order valence-electron chi connectivity index (χ1n) is 9.50. The number of aliphatic hydroxyl groups excluding tert-OH is 1. The van der Waals surface area contributed by atoms with E-state index in [4.69, 9.17) is 9.84 Å². The first kappa shape index (κ1) is 25.7. The van der Waals surface area contributed by atoms with Crippen molar-refractivity contribution < 1.29 is 45.6 Å². The van der Waals surface area contributed by atoms with E-state index in [1.165, 1.54) is 70.6 Å². The molecule has 0 radical (unpaired) electrons. The Labute approximate surface area is 167 Å². The van der Waals surface area contributed by atoms with Crippen molar-refractivity contribution in [2.24, 2.45) is 0 Å². The van der Waals surface area contributed by atoms with Crippen LogP contribution in [0.2, 0.25) is 0 Å². The van der Waals surface area contributed by atoms with Gasteiger partial charge in [-0.05, 0) is 13.3 Å². The summed E-state index contributed by atoms with van der Waals surface area (Å²) in [6.45, 7) is 4.01. The second kappa shape index (κ2) is 20.5. The Morgan fingerprint density at radius 1 is 0.870 bits per heavy atom.